The largest absolute Gasteiger partial charge is 0.468 e. The molecule has 0 saturated carbocycles. The summed E-state index contributed by atoms with van der Waals surface area (Å²) in [6.45, 7) is 2.98. The number of para-hydroxylation sites is 1. The molecule has 0 radical (unpaired) electrons. The van der Waals surface area contributed by atoms with Gasteiger partial charge < -0.3 is 4.42 Å². The van der Waals surface area contributed by atoms with Gasteiger partial charge >= 0.3 is 0 Å². The molecule has 0 aliphatic rings. The first-order valence-corrected chi connectivity index (χ1v) is 7.07. The molecule has 3 rings (SSSR count). The molecule has 4 nitrogen and oxygen atoms in total. The van der Waals surface area contributed by atoms with Gasteiger partial charge in [-0.15, -0.1) is 0 Å². The van der Waals surface area contributed by atoms with E-state index in [4.69, 9.17) is 4.42 Å². The Morgan fingerprint density at radius 2 is 2.05 bits per heavy atom. The van der Waals surface area contributed by atoms with Crippen molar-refractivity contribution in [3.63, 3.8) is 0 Å². The molecule has 0 aliphatic heterocycles. The van der Waals surface area contributed by atoms with E-state index in [1.807, 2.05) is 35.1 Å². The number of hydrogen-bond donors (Lipinski definition) is 0. The minimum Gasteiger partial charge on any atom is -0.468 e. The van der Waals surface area contributed by atoms with Crippen molar-refractivity contribution in [1.82, 2.24) is 14.7 Å². The van der Waals surface area contributed by atoms with Crippen molar-refractivity contribution in [2.24, 2.45) is 0 Å². The molecular formula is C17H19N3O. The fourth-order valence-corrected chi connectivity index (χ4v) is 2.43. The smallest absolute Gasteiger partial charge is 0.120 e. The molecule has 0 bridgehead atoms. The number of benzene rings is 1. The standard InChI is InChI=1S/C17H19N3O/c1-14(17-9-5-12-21-17)19(2)13-15-7-3-4-8-16(15)20-11-6-10-18-20/h3-12,14H,13H2,1-2H3/t14-/m1/s1. The predicted molar refractivity (Wildman–Crippen MR) is 82.2 cm³/mol. The third-order valence-electron chi connectivity index (χ3n) is 3.78. The van der Waals surface area contributed by atoms with Gasteiger partial charge in [0.25, 0.3) is 0 Å². The van der Waals surface area contributed by atoms with Gasteiger partial charge in [0.05, 0.1) is 18.0 Å². The van der Waals surface area contributed by atoms with E-state index >= 15 is 0 Å². The van der Waals surface area contributed by atoms with Gasteiger partial charge in [0, 0.05) is 18.9 Å². The topological polar surface area (TPSA) is 34.2 Å². The summed E-state index contributed by atoms with van der Waals surface area (Å²) in [5.41, 5.74) is 2.35. The molecule has 0 fully saturated rings. The van der Waals surface area contributed by atoms with E-state index in [0.29, 0.717) is 0 Å². The summed E-state index contributed by atoms with van der Waals surface area (Å²) in [7, 11) is 2.10. The molecule has 3 aromatic rings. The second-order valence-electron chi connectivity index (χ2n) is 5.19. The van der Waals surface area contributed by atoms with Gasteiger partial charge in [0.1, 0.15) is 5.76 Å². The monoisotopic (exact) mass is 281 g/mol. The van der Waals surface area contributed by atoms with Crippen molar-refractivity contribution in [1.29, 1.82) is 0 Å². The van der Waals surface area contributed by atoms with E-state index in [2.05, 4.69) is 42.2 Å². The molecule has 0 N–H and O–H groups in total. The Bertz CT molecular complexity index is 674. The molecule has 0 aliphatic carbocycles. The highest BCUT2D eigenvalue weighted by Crippen LogP contribution is 2.23. The predicted octanol–water partition coefficient (Wildman–Crippen LogP) is 3.66. The number of hydrogen-bond acceptors (Lipinski definition) is 3. The number of aromatic nitrogens is 2. The summed E-state index contributed by atoms with van der Waals surface area (Å²) in [6, 6.07) is 14.4. The Hall–Kier alpha value is -2.33. The van der Waals surface area contributed by atoms with Crippen LogP contribution in [0.15, 0.2) is 65.5 Å². The summed E-state index contributed by atoms with van der Waals surface area (Å²) in [5, 5.41) is 4.33. The Balaban J connectivity index is 1.82. The van der Waals surface area contributed by atoms with E-state index in [1.165, 1.54) is 5.56 Å². The van der Waals surface area contributed by atoms with Crippen LogP contribution in [0.1, 0.15) is 24.3 Å². The van der Waals surface area contributed by atoms with Crippen LogP contribution in [0.3, 0.4) is 0 Å². The lowest BCUT2D eigenvalue weighted by atomic mass is 10.1. The van der Waals surface area contributed by atoms with Crippen molar-refractivity contribution < 1.29 is 4.42 Å². The molecule has 2 heterocycles. The van der Waals surface area contributed by atoms with Gasteiger partial charge in [0.2, 0.25) is 0 Å². The highest BCUT2D eigenvalue weighted by atomic mass is 16.3. The van der Waals surface area contributed by atoms with Crippen LogP contribution in [0, 0.1) is 0 Å². The molecule has 108 valence electrons. The van der Waals surface area contributed by atoms with Crippen LogP contribution in [-0.2, 0) is 6.54 Å². The van der Waals surface area contributed by atoms with Gasteiger partial charge in [-0.05, 0) is 43.8 Å². The number of rotatable bonds is 5. The van der Waals surface area contributed by atoms with E-state index in [-0.39, 0.29) is 6.04 Å². The van der Waals surface area contributed by atoms with Crippen molar-refractivity contribution in [2.45, 2.75) is 19.5 Å². The Kier molecular flexibility index (Phi) is 3.88. The molecule has 0 spiro atoms. The molecule has 0 amide bonds. The number of nitrogens with zero attached hydrogens (tertiary/aromatic N) is 3. The van der Waals surface area contributed by atoms with Crippen LogP contribution in [0.5, 0.6) is 0 Å². The Morgan fingerprint density at radius 3 is 2.76 bits per heavy atom. The van der Waals surface area contributed by atoms with Gasteiger partial charge in [-0.25, -0.2) is 4.68 Å². The first-order chi connectivity index (χ1) is 10.3. The van der Waals surface area contributed by atoms with E-state index in [9.17, 15) is 0 Å². The van der Waals surface area contributed by atoms with Crippen LogP contribution >= 0.6 is 0 Å². The lowest BCUT2D eigenvalue weighted by Crippen LogP contribution is -2.22. The van der Waals surface area contributed by atoms with E-state index in [1.54, 1.807) is 12.5 Å². The highest BCUT2D eigenvalue weighted by molar-refractivity contribution is 5.40. The van der Waals surface area contributed by atoms with Crippen LogP contribution < -0.4 is 0 Å². The van der Waals surface area contributed by atoms with Crippen molar-refractivity contribution >= 4 is 0 Å². The normalized spacial score (nSPS) is 12.7. The maximum atomic E-state index is 5.50. The van der Waals surface area contributed by atoms with Gasteiger partial charge in [-0.2, -0.15) is 5.10 Å². The third-order valence-corrected chi connectivity index (χ3v) is 3.78. The summed E-state index contributed by atoms with van der Waals surface area (Å²) < 4.78 is 7.40. The summed E-state index contributed by atoms with van der Waals surface area (Å²) in [4.78, 5) is 2.27. The third kappa shape index (κ3) is 2.90. The van der Waals surface area contributed by atoms with Crippen LogP contribution in [0.25, 0.3) is 5.69 Å². The lowest BCUT2D eigenvalue weighted by Gasteiger charge is -2.24. The van der Waals surface area contributed by atoms with Crippen LogP contribution in [0.4, 0.5) is 0 Å². The van der Waals surface area contributed by atoms with E-state index < -0.39 is 0 Å². The average molecular weight is 281 g/mol. The zero-order valence-corrected chi connectivity index (χ0v) is 12.3. The lowest BCUT2D eigenvalue weighted by molar-refractivity contribution is 0.223. The molecular weight excluding hydrogens is 262 g/mol. The molecule has 2 aromatic heterocycles. The maximum absolute atomic E-state index is 5.50. The summed E-state index contributed by atoms with van der Waals surface area (Å²) in [6.07, 6.45) is 5.48. The minimum atomic E-state index is 0.227. The highest BCUT2D eigenvalue weighted by Gasteiger charge is 2.16. The molecule has 0 saturated heterocycles. The van der Waals surface area contributed by atoms with Crippen molar-refractivity contribution in [3.8, 4) is 5.69 Å². The van der Waals surface area contributed by atoms with Crippen LogP contribution in [-0.4, -0.2) is 21.7 Å². The summed E-state index contributed by atoms with van der Waals surface area (Å²) in [5.74, 6) is 0.981. The van der Waals surface area contributed by atoms with Gasteiger partial charge in [-0.1, -0.05) is 18.2 Å². The second-order valence-corrected chi connectivity index (χ2v) is 5.19. The molecule has 1 atom stereocenters. The van der Waals surface area contributed by atoms with Crippen molar-refractivity contribution in [3.05, 3.63) is 72.4 Å². The molecule has 21 heavy (non-hydrogen) atoms. The fraction of sp³-hybridized carbons (Fsp3) is 0.235. The van der Waals surface area contributed by atoms with E-state index in [0.717, 1.165) is 18.0 Å². The van der Waals surface area contributed by atoms with Gasteiger partial charge in [-0.3, -0.25) is 4.90 Å². The maximum Gasteiger partial charge on any atom is 0.120 e. The molecule has 1 aromatic carbocycles. The zero-order valence-electron chi connectivity index (χ0n) is 12.3. The molecule has 4 heteroatoms. The molecule has 0 unspecified atom stereocenters. The quantitative estimate of drug-likeness (QED) is 0.715. The first-order valence-electron chi connectivity index (χ1n) is 7.07. The summed E-state index contributed by atoms with van der Waals surface area (Å²) >= 11 is 0. The average Bonchev–Trinajstić information content (AvgIpc) is 3.20. The minimum absolute atomic E-state index is 0.227. The second kappa shape index (κ2) is 5.97. The van der Waals surface area contributed by atoms with Crippen LogP contribution in [0.2, 0.25) is 0 Å². The fourth-order valence-electron chi connectivity index (χ4n) is 2.43. The first kappa shape index (κ1) is 13.6. The zero-order chi connectivity index (χ0) is 14.7. The Labute approximate surface area is 124 Å². The number of furan rings is 1. The van der Waals surface area contributed by atoms with Gasteiger partial charge in [0.15, 0.2) is 0 Å². The Morgan fingerprint density at radius 1 is 1.19 bits per heavy atom. The van der Waals surface area contributed by atoms with Crippen molar-refractivity contribution in [2.75, 3.05) is 7.05 Å². The SMILES string of the molecule is C[C@H](c1ccco1)N(C)Cc1ccccc1-n1cccn1.